The second-order valence-corrected chi connectivity index (χ2v) is 20.7. The topological polar surface area (TPSA) is 95.9 Å². The van der Waals surface area contributed by atoms with Crippen molar-refractivity contribution in [1.82, 2.24) is 5.32 Å². The number of nitrogens with one attached hydrogen (secondary N) is 1. The summed E-state index contributed by atoms with van der Waals surface area (Å²) in [6.07, 6.45) is 74.4. The van der Waals surface area contributed by atoms with Gasteiger partial charge in [-0.1, -0.05) is 262 Å². The maximum absolute atomic E-state index is 12.4. The quantitative estimate of drug-likeness (QED) is 0.0321. The SMILES string of the molecule is CCCCCCCCC/C=C\CCCCCCCCCC(=O)OCCCCCCCCCCC/C=C\C/C=C\CCCCCCCCCC(=O)NC(CO)C(O)/C=C/CCCCCCCCCCC. The van der Waals surface area contributed by atoms with Crippen molar-refractivity contribution in [3.63, 3.8) is 0 Å². The molecule has 0 aromatic carbocycles. The molecule has 0 heterocycles. The van der Waals surface area contributed by atoms with Crippen molar-refractivity contribution >= 4 is 11.9 Å². The summed E-state index contributed by atoms with van der Waals surface area (Å²) in [7, 11) is 0. The molecule has 404 valence electrons. The van der Waals surface area contributed by atoms with Gasteiger partial charge in [0, 0.05) is 12.8 Å². The Hall–Kier alpha value is -2.18. The van der Waals surface area contributed by atoms with E-state index >= 15 is 0 Å². The predicted molar refractivity (Wildman–Crippen MR) is 301 cm³/mol. The lowest BCUT2D eigenvalue weighted by molar-refractivity contribution is -0.143. The van der Waals surface area contributed by atoms with Crippen molar-refractivity contribution in [1.29, 1.82) is 0 Å². The first-order chi connectivity index (χ1) is 34.0. The Morgan fingerprint density at radius 3 is 1.12 bits per heavy atom. The largest absolute Gasteiger partial charge is 0.466 e. The van der Waals surface area contributed by atoms with Crippen LogP contribution in [0.4, 0.5) is 0 Å². The normalized spacial score (nSPS) is 12.9. The smallest absolute Gasteiger partial charge is 0.305 e. The van der Waals surface area contributed by atoms with Gasteiger partial charge in [0.25, 0.3) is 0 Å². The van der Waals surface area contributed by atoms with Gasteiger partial charge in [0.2, 0.25) is 5.91 Å². The molecule has 2 unspecified atom stereocenters. The number of carbonyl (C=O) groups excluding carboxylic acids is 2. The summed E-state index contributed by atoms with van der Waals surface area (Å²) in [5.74, 6) is -0.0770. The molecular formula is C63H117NO5. The molecule has 0 aliphatic rings. The highest BCUT2D eigenvalue weighted by Crippen LogP contribution is 2.16. The van der Waals surface area contributed by atoms with Gasteiger partial charge in [0.05, 0.1) is 25.4 Å². The Balaban J connectivity index is 3.44. The first-order valence-corrected chi connectivity index (χ1v) is 30.4. The first-order valence-electron chi connectivity index (χ1n) is 30.4. The Labute approximate surface area is 429 Å². The number of esters is 1. The Morgan fingerprint density at radius 2 is 0.725 bits per heavy atom. The van der Waals surface area contributed by atoms with Crippen molar-refractivity contribution in [2.24, 2.45) is 0 Å². The highest BCUT2D eigenvalue weighted by atomic mass is 16.5. The van der Waals surface area contributed by atoms with E-state index in [9.17, 15) is 19.8 Å². The van der Waals surface area contributed by atoms with Gasteiger partial charge in [0.1, 0.15) is 0 Å². The van der Waals surface area contributed by atoms with Gasteiger partial charge in [-0.3, -0.25) is 9.59 Å². The van der Waals surface area contributed by atoms with Gasteiger partial charge in [0.15, 0.2) is 0 Å². The van der Waals surface area contributed by atoms with Crippen molar-refractivity contribution in [2.75, 3.05) is 13.2 Å². The summed E-state index contributed by atoms with van der Waals surface area (Å²) in [6, 6.07) is -0.635. The summed E-state index contributed by atoms with van der Waals surface area (Å²) in [5.41, 5.74) is 0. The van der Waals surface area contributed by atoms with E-state index in [1.807, 2.05) is 6.08 Å². The predicted octanol–water partition coefficient (Wildman–Crippen LogP) is 19.0. The van der Waals surface area contributed by atoms with Crippen molar-refractivity contribution in [3.8, 4) is 0 Å². The number of carbonyl (C=O) groups is 2. The van der Waals surface area contributed by atoms with Gasteiger partial charge in [-0.15, -0.1) is 0 Å². The average Bonchev–Trinajstić information content (AvgIpc) is 3.35. The molecule has 6 heteroatoms. The Bertz CT molecular complexity index is 1160. The van der Waals surface area contributed by atoms with Gasteiger partial charge in [-0.25, -0.2) is 0 Å². The molecule has 0 radical (unpaired) electrons. The van der Waals surface area contributed by atoms with E-state index in [2.05, 4.69) is 55.6 Å². The number of unbranched alkanes of at least 4 members (excludes halogenated alkanes) is 39. The minimum atomic E-state index is -0.850. The van der Waals surface area contributed by atoms with E-state index in [0.717, 1.165) is 64.2 Å². The van der Waals surface area contributed by atoms with Crippen LogP contribution < -0.4 is 5.32 Å². The van der Waals surface area contributed by atoms with Crippen LogP contribution in [0.3, 0.4) is 0 Å². The third kappa shape index (κ3) is 55.0. The van der Waals surface area contributed by atoms with Crippen LogP contribution >= 0.6 is 0 Å². The van der Waals surface area contributed by atoms with Crippen molar-refractivity contribution in [3.05, 3.63) is 48.6 Å². The van der Waals surface area contributed by atoms with Gasteiger partial charge in [-0.05, 0) is 89.9 Å². The molecule has 69 heavy (non-hydrogen) atoms. The van der Waals surface area contributed by atoms with E-state index in [1.54, 1.807) is 6.08 Å². The fraction of sp³-hybridized carbons (Fsp3) is 0.841. The molecule has 0 aromatic rings. The monoisotopic (exact) mass is 968 g/mol. The summed E-state index contributed by atoms with van der Waals surface area (Å²) in [6.45, 7) is 4.88. The summed E-state index contributed by atoms with van der Waals surface area (Å²) in [4.78, 5) is 24.5. The van der Waals surface area contributed by atoms with E-state index < -0.39 is 12.1 Å². The molecule has 3 N–H and O–H groups in total. The molecule has 0 saturated carbocycles. The van der Waals surface area contributed by atoms with E-state index in [-0.39, 0.29) is 18.5 Å². The lowest BCUT2D eigenvalue weighted by atomic mass is 10.1. The fourth-order valence-electron chi connectivity index (χ4n) is 9.13. The summed E-state index contributed by atoms with van der Waals surface area (Å²) >= 11 is 0. The first kappa shape index (κ1) is 66.8. The molecule has 0 aromatic heterocycles. The van der Waals surface area contributed by atoms with Crippen LogP contribution in [0, 0.1) is 0 Å². The number of aliphatic hydroxyl groups excluding tert-OH is 2. The second-order valence-electron chi connectivity index (χ2n) is 20.7. The Morgan fingerprint density at radius 1 is 0.406 bits per heavy atom. The number of hydrogen-bond donors (Lipinski definition) is 3. The Kier molecular flexibility index (Phi) is 56.5. The van der Waals surface area contributed by atoms with Crippen LogP contribution in [-0.4, -0.2) is 47.4 Å². The third-order valence-electron chi connectivity index (χ3n) is 13.8. The van der Waals surface area contributed by atoms with E-state index in [1.165, 1.54) is 225 Å². The zero-order valence-corrected chi connectivity index (χ0v) is 46.0. The molecule has 0 aliphatic heterocycles. The molecule has 0 spiro atoms. The third-order valence-corrected chi connectivity index (χ3v) is 13.8. The van der Waals surface area contributed by atoms with Crippen molar-refractivity contribution in [2.45, 2.75) is 328 Å². The highest BCUT2D eigenvalue weighted by Gasteiger charge is 2.18. The standard InChI is InChI=1S/C63H117NO5/c1-3-5-7-9-11-13-15-16-17-18-27-30-33-37-41-45-49-53-57-63(68)69-58-54-50-46-42-38-34-31-28-25-23-21-19-20-22-24-26-29-32-36-40-44-48-52-56-62(67)64-60(59-65)61(66)55-51-47-43-39-35-14-12-10-8-6-4-2/h17-19,21-22,24,51,55,60-61,65-66H,3-16,20,23,25-50,52-54,56-59H2,1-2H3,(H,64,67)/b18-17-,21-19-,24-22-,55-51+. The second kappa shape index (κ2) is 58.4. The zero-order chi connectivity index (χ0) is 50.0. The van der Waals surface area contributed by atoms with Crippen LogP contribution in [0.5, 0.6) is 0 Å². The zero-order valence-electron chi connectivity index (χ0n) is 46.0. The molecule has 0 saturated heterocycles. The summed E-state index contributed by atoms with van der Waals surface area (Å²) < 4.78 is 5.49. The van der Waals surface area contributed by atoms with Gasteiger partial charge < -0.3 is 20.3 Å². The molecule has 0 aliphatic carbocycles. The maximum atomic E-state index is 12.4. The lowest BCUT2D eigenvalue weighted by Gasteiger charge is -2.20. The maximum Gasteiger partial charge on any atom is 0.305 e. The van der Waals surface area contributed by atoms with Crippen LogP contribution in [0.15, 0.2) is 48.6 Å². The van der Waals surface area contributed by atoms with Gasteiger partial charge >= 0.3 is 5.97 Å². The molecule has 6 nitrogen and oxygen atoms in total. The molecule has 0 rings (SSSR count). The number of ether oxygens (including phenoxy) is 1. The number of amides is 1. The van der Waals surface area contributed by atoms with Crippen LogP contribution in [0.25, 0.3) is 0 Å². The highest BCUT2D eigenvalue weighted by molar-refractivity contribution is 5.76. The molecule has 1 amide bonds. The lowest BCUT2D eigenvalue weighted by Crippen LogP contribution is -2.45. The number of hydrogen-bond acceptors (Lipinski definition) is 5. The van der Waals surface area contributed by atoms with Gasteiger partial charge in [-0.2, -0.15) is 0 Å². The molecule has 0 bridgehead atoms. The van der Waals surface area contributed by atoms with E-state index in [4.69, 9.17) is 4.74 Å². The molecule has 2 atom stereocenters. The van der Waals surface area contributed by atoms with Crippen LogP contribution in [0.1, 0.15) is 316 Å². The number of allylic oxidation sites excluding steroid dienone is 7. The molecule has 0 fully saturated rings. The molecular weight excluding hydrogens is 851 g/mol. The number of rotatable bonds is 56. The van der Waals surface area contributed by atoms with Crippen LogP contribution in [-0.2, 0) is 14.3 Å². The number of aliphatic hydroxyl groups is 2. The minimum absolute atomic E-state index is 0.00315. The fourth-order valence-corrected chi connectivity index (χ4v) is 9.13. The van der Waals surface area contributed by atoms with Crippen molar-refractivity contribution < 1.29 is 24.5 Å². The van der Waals surface area contributed by atoms with E-state index in [0.29, 0.717) is 19.4 Å². The summed E-state index contributed by atoms with van der Waals surface area (Å²) in [5, 5.41) is 23.0. The minimum Gasteiger partial charge on any atom is -0.466 e. The van der Waals surface area contributed by atoms with Crippen LogP contribution in [0.2, 0.25) is 0 Å². The average molecular weight is 969 g/mol.